The average Bonchev–Trinajstić information content (AvgIpc) is 2.68. The number of ether oxygens (including phenoxy) is 1. The van der Waals surface area contributed by atoms with Gasteiger partial charge in [0.1, 0.15) is 6.10 Å². The molecule has 0 radical (unpaired) electrons. The molecular weight excluding hydrogens is 176 g/mol. The molecule has 14 heavy (non-hydrogen) atoms. The summed E-state index contributed by atoms with van der Waals surface area (Å²) in [5.74, 6) is 2.95. The van der Waals surface area contributed by atoms with E-state index in [1.807, 2.05) is 0 Å². The van der Waals surface area contributed by atoms with Crippen LogP contribution in [0.25, 0.3) is 0 Å². The molecule has 2 saturated carbocycles. The van der Waals surface area contributed by atoms with E-state index in [4.69, 9.17) is 4.74 Å². The topological polar surface area (TPSA) is 26.3 Å². The van der Waals surface area contributed by atoms with Gasteiger partial charge in [-0.15, -0.1) is 0 Å². The van der Waals surface area contributed by atoms with Crippen LogP contribution in [0.4, 0.5) is 0 Å². The molecule has 3 aliphatic rings. The van der Waals surface area contributed by atoms with Gasteiger partial charge >= 0.3 is 5.97 Å². The zero-order chi connectivity index (χ0) is 9.71. The fraction of sp³-hybridized carbons (Fsp3) is 0.750. The summed E-state index contributed by atoms with van der Waals surface area (Å²) in [5, 5.41) is 0. The summed E-state index contributed by atoms with van der Waals surface area (Å²) in [6, 6.07) is 0. The number of hydrogen-bond acceptors (Lipinski definition) is 2. The lowest BCUT2D eigenvalue weighted by Gasteiger charge is -2.30. The normalized spacial score (nSPS) is 48.2. The molecule has 0 N–H and O–H groups in total. The van der Waals surface area contributed by atoms with Crippen LogP contribution in [0.2, 0.25) is 0 Å². The molecule has 0 aromatic carbocycles. The van der Waals surface area contributed by atoms with Gasteiger partial charge in [0.15, 0.2) is 0 Å². The highest BCUT2D eigenvalue weighted by molar-refractivity contribution is 5.66. The lowest BCUT2D eigenvalue weighted by atomic mass is 9.80. The van der Waals surface area contributed by atoms with Gasteiger partial charge in [-0.05, 0) is 37.0 Å². The second-order valence-electron chi connectivity index (χ2n) is 4.95. The highest BCUT2D eigenvalue weighted by Gasteiger charge is 2.53. The minimum absolute atomic E-state index is 0.110. The van der Waals surface area contributed by atoms with Crippen molar-refractivity contribution in [3.8, 4) is 0 Å². The first-order valence-corrected chi connectivity index (χ1v) is 5.59. The van der Waals surface area contributed by atoms with E-state index in [1.54, 1.807) is 0 Å². The van der Waals surface area contributed by atoms with Crippen molar-refractivity contribution >= 4 is 5.97 Å². The number of carbonyl (C=O) groups excluding carboxylic acids is 1. The van der Waals surface area contributed by atoms with Crippen molar-refractivity contribution in [1.82, 2.24) is 0 Å². The number of carbonyl (C=O) groups is 1. The number of esters is 1. The molecule has 3 aliphatic carbocycles. The standard InChI is InChI=1S/C12H16O2/c1-7(13)14-12-6-8-5-11(12)10-4-2-3-9(8)10/h2,4,8-12H,3,5-6H2,1H3/t8-,9-,10-,11-,12-/m0/s1. The Morgan fingerprint density at radius 2 is 2.21 bits per heavy atom. The number of fused-ring (bicyclic) bond motifs is 5. The van der Waals surface area contributed by atoms with Gasteiger partial charge in [0.25, 0.3) is 0 Å². The Hall–Kier alpha value is -0.790. The second kappa shape index (κ2) is 2.85. The van der Waals surface area contributed by atoms with Gasteiger partial charge in [-0.3, -0.25) is 4.79 Å². The van der Waals surface area contributed by atoms with Crippen LogP contribution in [-0.4, -0.2) is 12.1 Å². The van der Waals surface area contributed by atoms with Crippen LogP contribution in [0.15, 0.2) is 12.2 Å². The van der Waals surface area contributed by atoms with Gasteiger partial charge in [-0.1, -0.05) is 12.2 Å². The predicted octanol–water partition coefficient (Wildman–Crippen LogP) is 2.15. The van der Waals surface area contributed by atoms with E-state index in [9.17, 15) is 4.79 Å². The summed E-state index contributed by atoms with van der Waals surface area (Å²) in [4.78, 5) is 10.9. The van der Waals surface area contributed by atoms with E-state index in [0.717, 1.165) is 24.2 Å². The molecule has 0 saturated heterocycles. The molecule has 0 unspecified atom stereocenters. The van der Waals surface area contributed by atoms with Gasteiger partial charge in [0, 0.05) is 12.8 Å². The first kappa shape index (κ1) is 8.51. The molecule has 0 aromatic heterocycles. The molecule has 2 nitrogen and oxygen atoms in total. The Morgan fingerprint density at radius 1 is 1.36 bits per heavy atom. The molecule has 2 fully saturated rings. The van der Waals surface area contributed by atoms with Gasteiger partial charge in [0.05, 0.1) is 0 Å². The van der Waals surface area contributed by atoms with Crippen molar-refractivity contribution in [3.05, 3.63) is 12.2 Å². The first-order chi connectivity index (χ1) is 6.75. The van der Waals surface area contributed by atoms with Crippen LogP contribution in [-0.2, 0) is 9.53 Å². The van der Waals surface area contributed by atoms with Crippen molar-refractivity contribution in [3.63, 3.8) is 0 Å². The number of hydrogen-bond donors (Lipinski definition) is 0. The third-order valence-corrected chi connectivity index (χ3v) is 4.27. The predicted molar refractivity (Wildman–Crippen MR) is 52.5 cm³/mol. The summed E-state index contributed by atoms with van der Waals surface area (Å²) in [7, 11) is 0. The highest BCUT2D eigenvalue weighted by atomic mass is 16.5. The lowest BCUT2D eigenvalue weighted by Crippen LogP contribution is -2.31. The van der Waals surface area contributed by atoms with E-state index < -0.39 is 0 Å². The van der Waals surface area contributed by atoms with Gasteiger partial charge in [-0.2, -0.15) is 0 Å². The zero-order valence-corrected chi connectivity index (χ0v) is 8.48. The zero-order valence-electron chi connectivity index (χ0n) is 8.48. The third kappa shape index (κ3) is 1.06. The molecule has 2 bridgehead atoms. The monoisotopic (exact) mass is 192 g/mol. The van der Waals surface area contributed by atoms with E-state index in [1.165, 1.54) is 19.8 Å². The van der Waals surface area contributed by atoms with Crippen LogP contribution in [0.3, 0.4) is 0 Å². The van der Waals surface area contributed by atoms with Crippen LogP contribution >= 0.6 is 0 Å². The maximum atomic E-state index is 10.9. The Bertz CT molecular complexity index is 295. The van der Waals surface area contributed by atoms with Crippen molar-refractivity contribution in [2.75, 3.05) is 0 Å². The molecule has 0 amide bonds. The molecule has 2 heteroatoms. The fourth-order valence-corrected chi connectivity index (χ4v) is 3.83. The Kier molecular flexibility index (Phi) is 1.73. The van der Waals surface area contributed by atoms with Crippen molar-refractivity contribution in [2.24, 2.45) is 23.7 Å². The van der Waals surface area contributed by atoms with Crippen LogP contribution in [0.5, 0.6) is 0 Å². The Morgan fingerprint density at radius 3 is 3.00 bits per heavy atom. The molecule has 0 spiro atoms. The van der Waals surface area contributed by atoms with Crippen molar-refractivity contribution in [1.29, 1.82) is 0 Å². The summed E-state index contributed by atoms with van der Waals surface area (Å²) in [6.07, 6.45) is 8.56. The SMILES string of the molecule is CC(=O)O[C@H]1C[C@@H]2C[C@H]1[C@H]1C=CC[C@@H]21. The second-order valence-corrected chi connectivity index (χ2v) is 4.95. The van der Waals surface area contributed by atoms with E-state index >= 15 is 0 Å². The molecule has 3 rings (SSSR count). The van der Waals surface area contributed by atoms with Crippen LogP contribution < -0.4 is 0 Å². The number of rotatable bonds is 1. The average molecular weight is 192 g/mol. The highest BCUT2D eigenvalue weighted by Crippen LogP contribution is 2.57. The van der Waals surface area contributed by atoms with Crippen molar-refractivity contribution < 1.29 is 9.53 Å². The van der Waals surface area contributed by atoms with Crippen LogP contribution in [0, 0.1) is 23.7 Å². The summed E-state index contributed by atoms with van der Waals surface area (Å²) in [6.45, 7) is 1.52. The summed E-state index contributed by atoms with van der Waals surface area (Å²) < 4.78 is 5.38. The maximum absolute atomic E-state index is 10.9. The smallest absolute Gasteiger partial charge is 0.302 e. The third-order valence-electron chi connectivity index (χ3n) is 4.27. The van der Waals surface area contributed by atoms with Gasteiger partial charge in [0.2, 0.25) is 0 Å². The van der Waals surface area contributed by atoms with E-state index in [0.29, 0.717) is 5.92 Å². The largest absolute Gasteiger partial charge is 0.462 e. The van der Waals surface area contributed by atoms with E-state index in [-0.39, 0.29) is 12.1 Å². The summed E-state index contributed by atoms with van der Waals surface area (Å²) >= 11 is 0. The Labute approximate surface area is 84.3 Å². The molecule has 0 heterocycles. The Balaban J connectivity index is 1.76. The molecule has 0 aromatic rings. The maximum Gasteiger partial charge on any atom is 0.302 e. The minimum Gasteiger partial charge on any atom is -0.462 e. The van der Waals surface area contributed by atoms with Crippen LogP contribution in [0.1, 0.15) is 26.2 Å². The lowest BCUT2D eigenvalue weighted by molar-refractivity contribution is -0.149. The molecule has 0 aliphatic heterocycles. The van der Waals surface area contributed by atoms with Gasteiger partial charge in [-0.25, -0.2) is 0 Å². The fourth-order valence-electron chi connectivity index (χ4n) is 3.83. The molecule has 5 atom stereocenters. The number of allylic oxidation sites excluding steroid dienone is 2. The first-order valence-electron chi connectivity index (χ1n) is 5.59. The molecule has 76 valence electrons. The minimum atomic E-state index is -0.110. The van der Waals surface area contributed by atoms with Crippen molar-refractivity contribution in [2.45, 2.75) is 32.3 Å². The van der Waals surface area contributed by atoms with E-state index in [2.05, 4.69) is 12.2 Å². The quantitative estimate of drug-likeness (QED) is 0.470. The van der Waals surface area contributed by atoms with Gasteiger partial charge < -0.3 is 4.74 Å². The molecular formula is C12H16O2. The summed E-state index contributed by atoms with van der Waals surface area (Å²) in [5.41, 5.74) is 0.